The Balaban J connectivity index is 1.45. The maximum absolute atomic E-state index is 14.1. The SMILES string of the molecule is Cn1c(C2=CCC3(CC2)CCN(C(=O)OC(C)(C)C)CC3)c(-c2ncccn2)c2c(N)nc(F)nc21. The molecule has 0 aromatic carbocycles. The highest BCUT2D eigenvalue weighted by Gasteiger charge is 2.39. The van der Waals surface area contributed by atoms with E-state index in [0.717, 1.165) is 48.9 Å². The third kappa shape index (κ3) is 4.40. The van der Waals surface area contributed by atoms with E-state index in [1.54, 1.807) is 18.5 Å². The molecule has 1 fully saturated rings. The maximum atomic E-state index is 14.1. The van der Waals surface area contributed by atoms with Crippen LogP contribution >= 0.6 is 0 Å². The number of halogens is 1. The summed E-state index contributed by atoms with van der Waals surface area (Å²) in [5.74, 6) is 0.580. The van der Waals surface area contributed by atoms with Crippen molar-refractivity contribution in [1.82, 2.24) is 29.4 Å². The summed E-state index contributed by atoms with van der Waals surface area (Å²) in [6.45, 7) is 7.05. The quantitative estimate of drug-likeness (QED) is 0.514. The van der Waals surface area contributed by atoms with Crippen molar-refractivity contribution in [2.24, 2.45) is 12.5 Å². The van der Waals surface area contributed by atoms with Gasteiger partial charge in [-0.05, 0) is 69.9 Å². The summed E-state index contributed by atoms with van der Waals surface area (Å²) >= 11 is 0. The number of carbonyl (C=O) groups excluding carboxylic acids is 1. The van der Waals surface area contributed by atoms with E-state index in [1.165, 1.54) is 0 Å². The van der Waals surface area contributed by atoms with Gasteiger partial charge in [-0.15, -0.1) is 0 Å². The average molecular weight is 494 g/mol. The summed E-state index contributed by atoms with van der Waals surface area (Å²) in [4.78, 5) is 31.0. The summed E-state index contributed by atoms with van der Waals surface area (Å²) in [6.07, 6.45) is 9.12. The molecule has 2 N–H and O–H groups in total. The van der Waals surface area contributed by atoms with E-state index in [-0.39, 0.29) is 17.3 Å². The number of allylic oxidation sites excluding steroid dienone is 2. The minimum absolute atomic E-state index is 0.0733. The summed E-state index contributed by atoms with van der Waals surface area (Å²) in [6, 6.07) is 1.75. The topological polar surface area (TPSA) is 112 Å². The molecule has 1 aliphatic heterocycles. The van der Waals surface area contributed by atoms with Crippen LogP contribution in [-0.2, 0) is 11.8 Å². The van der Waals surface area contributed by atoms with E-state index in [1.807, 2.05) is 37.3 Å². The Morgan fingerprint density at radius 3 is 2.44 bits per heavy atom. The maximum Gasteiger partial charge on any atom is 0.410 e. The van der Waals surface area contributed by atoms with E-state index in [9.17, 15) is 9.18 Å². The third-order valence-electron chi connectivity index (χ3n) is 7.31. The fourth-order valence-corrected chi connectivity index (χ4v) is 5.44. The van der Waals surface area contributed by atoms with Gasteiger partial charge < -0.3 is 19.9 Å². The fourth-order valence-electron chi connectivity index (χ4n) is 5.44. The molecule has 0 unspecified atom stereocenters. The zero-order valence-corrected chi connectivity index (χ0v) is 21.2. The molecular formula is C26H32FN7O2. The molecular weight excluding hydrogens is 461 g/mol. The first-order chi connectivity index (χ1) is 17.1. The van der Waals surface area contributed by atoms with Gasteiger partial charge in [0.15, 0.2) is 5.82 Å². The Kier molecular flexibility index (Phi) is 5.92. The molecule has 0 saturated carbocycles. The smallest absolute Gasteiger partial charge is 0.410 e. The molecule has 0 radical (unpaired) electrons. The molecule has 3 aromatic heterocycles. The predicted octanol–water partition coefficient (Wildman–Crippen LogP) is 4.73. The van der Waals surface area contributed by atoms with Crippen LogP contribution in [0.5, 0.6) is 0 Å². The summed E-state index contributed by atoms with van der Waals surface area (Å²) in [5.41, 5.74) is 9.01. The van der Waals surface area contributed by atoms with Gasteiger partial charge in [0.25, 0.3) is 0 Å². The number of hydrogen-bond acceptors (Lipinski definition) is 7. The first-order valence-electron chi connectivity index (χ1n) is 12.3. The van der Waals surface area contributed by atoms with E-state index in [0.29, 0.717) is 29.9 Å². The molecule has 2 aliphatic rings. The number of rotatable bonds is 2. The van der Waals surface area contributed by atoms with E-state index < -0.39 is 11.7 Å². The van der Waals surface area contributed by atoms with E-state index >= 15 is 0 Å². The van der Waals surface area contributed by atoms with Crippen molar-refractivity contribution >= 4 is 28.5 Å². The molecule has 1 spiro atoms. The van der Waals surface area contributed by atoms with Crippen LogP contribution in [-0.4, -0.2) is 54.2 Å². The number of nitrogens with two attached hydrogens (primary N) is 1. The van der Waals surface area contributed by atoms with Crippen molar-refractivity contribution in [3.8, 4) is 11.4 Å². The third-order valence-corrected chi connectivity index (χ3v) is 7.31. The fraction of sp³-hybridized carbons (Fsp3) is 0.500. The molecule has 10 heteroatoms. The molecule has 9 nitrogen and oxygen atoms in total. The Morgan fingerprint density at radius 1 is 1.14 bits per heavy atom. The van der Waals surface area contributed by atoms with Gasteiger partial charge in [0.05, 0.1) is 16.6 Å². The molecule has 1 aliphatic carbocycles. The van der Waals surface area contributed by atoms with Crippen molar-refractivity contribution in [2.75, 3.05) is 18.8 Å². The van der Waals surface area contributed by atoms with Crippen molar-refractivity contribution in [3.05, 3.63) is 36.3 Å². The Hall–Kier alpha value is -3.56. The second kappa shape index (κ2) is 8.83. The molecule has 4 heterocycles. The van der Waals surface area contributed by atoms with Crippen LogP contribution < -0.4 is 5.73 Å². The number of aryl methyl sites for hydroxylation is 1. The van der Waals surface area contributed by atoms with Crippen LogP contribution in [0.1, 0.15) is 58.6 Å². The Morgan fingerprint density at radius 2 is 1.83 bits per heavy atom. The van der Waals surface area contributed by atoms with Crippen LogP contribution in [0, 0.1) is 11.5 Å². The summed E-state index contributed by atoms with van der Waals surface area (Å²) in [5, 5.41) is 0.562. The highest BCUT2D eigenvalue weighted by Crippen LogP contribution is 2.48. The highest BCUT2D eigenvalue weighted by atomic mass is 19.1. The van der Waals surface area contributed by atoms with Crippen LogP contribution in [0.4, 0.5) is 15.0 Å². The number of likely N-dealkylation sites (tertiary alicyclic amines) is 1. The molecule has 36 heavy (non-hydrogen) atoms. The average Bonchev–Trinajstić information content (AvgIpc) is 3.12. The first-order valence-corrected chi connectivity index (χ1v) is 12.3. The van der Waals surface area contributed by atoms with Crippen LogP contribution in [0.15, 0.2) is 24.5 Å². The second-order valence-electron chi connectivity index (χ2n) is 10.8. The second-order valence-corrected chi connectivity index (χ2v) is 10.8. The number of nitrogen functional groups attached to an aromatic ring is 1. The van der Waals surface area contributed by atoms with Crippen molar-refractivity contribution in [1.29, 1.82) is 0 Å². The molecule has 0 atom stereocenters. The van der Waals surface area contributed by atoms with Crippen molar-refractivity contribution < 1.29 is 13.9 Å². The van der Waals surface area contributed by atoms with Gasteiger partial charge in [-0.2, -0.15) is 14.4 Å². The van der Waals surface area contributed by atoms with Gasteiger partial charge in [-0.1, -0.05) is 6.08 Å². The van der Waals surface area contributed by atoms with Crippen LogP contribution in [0.3, 0.4) is 0 Å². The van der Waals surface area contributed by atoms with Gasteiger partial charge in [0, 0.05) is 32.5 Å². The van der Waals surface area contributed by atoms with Crippen LogP contribution in [0.25, 0.3) is 28.0 Å². The lowest BCUT2D eigenvalue weighted by Gasteiger charge is -2.43. The summed E-state index contributed by atoms with van der Waals surface area (Å²) < 4.78 is 21.5. The lowest BCUT2D eigenvalue weighted by Crippen LogP contribution is -2.45. The number of nitrogens with zero attached hydrogens (tertiary/aromatic N) is 6. The molecule has 1 saturated heterocycles. The Bertz CT molecular complexity index is 1340. The monoisotopic (exact) mass is 493 g/mol. The van der Waals surface area contributed by atoms with Gasteiger partial charge in [0.2, 0.25) is 0 Å². The Labute approximate surface area is 209 Å². The van der Waals surface area contributed by atoms with E-state index in [2.05, 4.69) is 26.0 Å². The largest absolute Gasteiger partial charge is 0.444 e. The lowest BCUT2D eigenvalue weighted by molar-refractivity contribution is 0.00896. The minimum Gasteiger partial charge on any atom is -0.444 e. The summed E-state index contributed by atoms with van der Waals surface area (Å²) in [7, 11) is 1.86. The van der Waals surface area contributed by atoms with Gasteiger partial charge >= 0.3 is 12.2 Å². The molecule has 0 bridgehead atoms. The van der Waals surface area contributed by atoms with E-state index in [4.69, 9.17) is 10.5 Å². The number of hydrogen-bond donors (Lipinski definition) is 1. The molecule has 190 valence electrons. The number of aromatic nitrogens is 5. The standard InChI is InChI=1S/C26H32FN7O2/c1-25(2,3)36-24(35)34-14-10-26(11-15-34)8-6-16(7-9-26)19-17(21-29-12-5-13-30-21)18-20(28)31-23(27)32-22(18)33(19)4/h5-6,12-13H,7-11,14-15H2,1-4H3,(H2,28,31,32). The minimum atomic E-state index is -0.860. The number of carbonyl (C=O) groups is 1. The van der Waals surface area contributed by atoms with Crippen molar-refractivity contribution in [3.63, 3.8) is 0 Å². The molecule has 1 amide bonds. The van der Waals surface area contributed by atoms with Crippen LogP contribution in [0.2, 0.25) is 0 Å². The van der Waals surface area contributed by atoms with Crippen molar-refractivity contribution in [2.45, 2.75) is 58.5 Å². The molecule has 3 aromatic rings. The number of piperidine rings is 1. The number of fused-ring (bicyclic) bond motifs is 1. The molecule has 5 rings (SSSR count). The number of amides is 1. The predicted molar refractivity (Wildman–Crippen MR) is 135 cm³/mol. The first kappa shape index (κ1) is 24.1. The van der Waals surface area contributed by atoms with Gasteiger partial charge in [-0.3, -0.25) is 0 Å². The van der Waals surface area contributed by atoms with Gasteiger partial charge in [0.1, 0.15) is 17.1 Å². The lowest BCUT2D eigenvalue weighted by atomic mass is 9.68. The highest BCUT2D eigenvalue weighted by molar-refractivity contribution is 6.04. The van der Waals surface area contributed by atoms with Gasteiger partial charge in [-0.25, -0.2) is 14.8 Å². The zero-order valence-electron chi connectivity index (χ0n) is 21.2. The number of anilines is 1. The number of ether oxygens (including phenoxy) is 1. The zero-order chi connectivity index (χ0) is 25.7. The normalized spacial score (nSPS) is 17.9.